The highest BCUT2D eigenvalue weighted by Gasteiger charge is 2.47. The molecule has 2 aromatic rings. The standard InChI is InChI=1S/C35H48N4O11S/c1-35(2,11-12-36-33(41)37-13-16-46-17-14-37)22-38(51(44,45)25-8-9-30-31(19-25)50-23-49-30)20-29(40)27(18-24-6-4-3-5-7-24)39(34(42)43)28-21-48-32-26(28)10-15-47-32/h3-9,19,26-29,32,40H,10-18,20-23H2,1-2H3,(H,36,41)(H,42,43)/p-1/t26-,27-,28-,29+,32+/m0/s1. The van der Waals surface area contributed by atoms with Crippen molar-refractivity contribution in [1.82, 2.24) is 19.4 Å². The Kier molecular flexibility index (Phi) is 11.6. The number of hydrogen-bond donors (Lipinski definition) is 2. The van der Waals surface area contributed by atoms with Gasteiger partial charge in [0.1, 0.15) is 6.09 Å². The van der Waals surface area contributed by atoms with Crippen molar-refractivity contribution in [2.45, 2.75) is 62.5 Å². The minimum atomic E-state index is -4.29. The van der Waals surface area contributed by atoms with E-state index in [2.05, 4.69) is 5.32 Å². The Morgan fingerprint density at radius 2 is 1.80 bits per heavy atom. The van der Waals surface area contributed by atoms with Crippen molar-refractivity contribution in [2.24, 2.45) is 11.3 Å². The van der Waals surface area contributed by atoms with E-state index in [-0.39, 0.29) is 55.5 Å². The van der Waals surface area contributed by atoms with Crippen molar-refractivity contribution < 1.29 is 51.9 Å². The minimum absolute atomic E-state index is 0.0392. The number of urea groups is 1. The fourth-order valence-electron chi connectivity index (χ4n) is 7.23. The zero-order valence-electron chi connectivity index (χ0n) is 29.0. The number of hydrogen-bond acceptors (Lipinski definition) is 11. The molecule has 0 bridgehead atoms. The lowest BCUT2D eigenvalue weighted by molar-refractivity contribution is -0.273. The summed E-state index contributed by atoms with van der Waals surface area (Å²) in [7, 11) is -4.29. The van der Waals surface area contributed by atoms with E-state index < -0.39 is 52.6 Å². The van der Waals surface area contributed by atoms with Gasteiger partial charge in [-0.05, 0) is 42.4 Å². The van der Waals surface area contributed by atoms with E-state index in [0.717, 1.165) is 10.5 Å². The molecule has 280 valence electrons. The van der Waals surface area contributed by atoms with Crippen LogP contribution in [-0.4, -0.2) is 130 Å². The van der Waals surface area contributed by atoms with Gasteiger partial charge in [-0.15, -0.1) is 0 Å². The Morgan fingerprint density at radius 1 is 1.06 bits per heavy atom. The number of rotatable bonds is 14. The van der Waals surface area contributed by atoms with Crippen LogP contribution in [0.25, 0.3) is 0 Å². The summed E-state index contributed by atoms with van der Waals surface area (Å²) in [6.07, 6.45) is -2.44. The highest BCUT2D eigenvalue weighted by molar-refractivity contribution is 7.89. The molecule has 4 aliphatic heterocycles. The topological polar surface area (TPSA) is 179 Å². The Balaban J connectivity index is 1.27. The van der Waals surface area contributed by atoms with Gasteiger partial charge in [0, 0.05) is 44.7 Å². The van der Waals surface area contributed by atoms with Crippen molar-refractivity contribution >= 4 is 22.1 Å². The van der Waals surface area contributed by atoms with Crippen LogP contribution in [0.2, 0.25) is 0 Å². The second kappa shape index (κ2) is 15.9. The maximum absolute atomic E-state index is 14.5. The second-order valence-electron chi connectivity index (χ2n) is 14.1. The van der Waals surface area contributed by atoms with E-state index >= 15 is 0 Å². The second-order valence-corrected chi connectivity index (χ2v) is 16.1. The van der Waals surface area contributed by atoms with E-state index in [1.54, 1.807) is 4.90 Å². The van der Waals surface area contributed by atoms with Gasteiger partial charge in [-0.2, -0.15) is 4.31 Å². The molecule has 2 aromatic carbocycles. The van der Waals surface area contributed by atoms with Crippen LogP contribution < -0.4 is 19.9 Å². The third-order valence-electron chi connectivity index (χ3n) is 10.0. The number of morpholine rings is 1. The summed E-state index contributed by atoms with van der Waals surface area (Å²) >= 11 is 0. The molecule has 15 nitrogen and oxygen atoms in total. The highest BCUT2D eigenvalue weighted by Crippen LogP contribution is 2.38. The smallest absolute Gasteiger partial charge is 0.317 e. The number of nitrogens with zero attached hydrogens (tertiary/aromatic N) is 3. The van der Waals surface area contributed by atoms with Crippen molar-refractivity contribution in [3.8, 4) is 11.5 Å². The number of aliphatic hydroxyl groups is 1. The van der Waals surface area contributed by atoms with Crippen LogP contribution >= 0.6 is 0 Å². The van der Waals surface area contributed by atoms with Crippen LogP contribution in [0.15, 0.2) is 53.4 Å². The Hall–Kier alpha value is -3.67. The third kappa shape index (κ3) is 8.69. The molecule has 0 spiro atoms. The molecule has 3 fully saturated rings. The largest absolute Gasteiger partial charge is 0.530 e. The first-order valence-electron chi connectivity index (χ1n) is 17.4. The number of aliphatic hydroxyl groups excluding tert-OH is 1. The first-order chi connectivity index (χ1) is 24.4. The zero-order chi connectivity index (χ0) is 36.2. The number of sulfonamides is 1. The predicted molar refractivity (Wildman–Crippen MR) is 180 cm³/mol. The summed E-state index contributed by atoms with van der Waals surface area (Å²) in [5.74, 6) is 0.437. The van der Waals surface area contributed by atoms with Gasteiger partial charge in [-0.1, -0.05) is 44.2 Å². The number of carbonyl (C=O) groups is 2. The van der Waals surface area contributed by atoms with Crippen LogP contribution in [0, 0.1) is 11.3 Å². The van der Waals surface area contributed by atoms with E-state index in [4.69, 9.17) is 23.7 Å². The summed E-state index contributed by atoms with van der Waals surface area (Å²) in [6, 6.07) is 11.5. The lowest BCUT2D eigenvalue weighted by Crippen LogP contribution is -2.61. The molecule has 0 aromatic heterocycles. The maximum Gasteiger partial charge on any atom is 0.317 e. The summed E-state index contributed by atoms with van der Waals surface area (Å²) in [5, 5.41) is 28.0. The van der Waals surface area contributed by atoms with Gasteiger partial charge in [0.25, 0.3) is 0 Å². The zero-order valence-corrected chi connectivity index (χ0v) is 29.8. The molecule has 4 heterocycles. The fourth-order valence-corrected chi connectivity index (χ4v) is 8.89. The van der Waals surface area contributed by atoms with Crippen molar-refractivity contribution in [2.75, 3.05) is 65.9 Å². The fraction of sp³-hybridized carbons (Fsp3) is 0.600. The quantitative estimate of drug-likeness (QED) is 0.286. The Morgan fingerprint density at radius 3 is 2.55 bits per heavy atom. The average molecular weight is 732 g/mol. The third-order valence-corrected chi connectivity index (χ3v) is 11.8. The number of benzene rings is 2. The lowest BCUT2D eigenvalue weighted by Gasteiger charge is -2.43. The molecule has 51 heavy (non-hydrogen) atoms. The highest BCUT2D eigenvalue weighted by atomic mass is 32.2. The first-order valence-corrected chi connectivity index (χ1v) is 18.8. The van der Waals surface area contributed by atoms with Crippen LogP contribution in [0.5, 0.6) is 11.5 Å². The summed E-state index contributed by atoms with van der Waals surface area (Å²) in [6.45, 7) is 5.92. The summed E-state index contributed by atoms with van der Waals surface area (Å²) in [4.78, 5) is 28.4. The number of ether oxygens (including phenoxy) is 5. The average Bonchev–Trinajstić information content (AvgIpc) is 3.87. The van der Waals surface area contributed by atoms with Gasteiger partial charge >= 0.3 is 6.03 Å². The lowest BCUT2D eigenvalue weighted by atomic mass is 9.89. The summed E-state index contributed by atoms with van der Waals surface area (Å²) in [5.41, 5.74) is 0.0606. The van der Waals surface area contributed by atoms with Crippen LogP contribution in [0.1, 0.15) is 32.3 Å². The molecule has 16 heteroatoms. The Bertz CT molecular complexity index is 1620. The molecule has 0 saturated carbocycles. The molecule has 0 unspecified atom stereocenters. The molecular formula is C35H47N4O11S-. The maximum atomic E-state index is 14.5. The predicted octanol–water partition coefficient (Wildman–Crippen LogP) is 1.24. The van der Waals surface area contributed by atoms with Gasteiger partial charge < -0.3 is 53.8 Å². The molecule has 0 radical (unpaired) electrons. The van der Waals surface area contributed by atoms with Crippen molar-refractivity contribution in [3.63, 3.8) is 0 Å². The number of fused-ring (bicyclic) bond motifs is 2. The number of nitrogens with one attached hydrogen (secondary N) is 1. The van der Waals surface area contributed by atoms with Gasteiger partial charge in [0.2, 0.25) is 16.8 Å². The van der Waals surface area contributed by atoms with Gasteiger partial charge in [-0.3, -0.25) is 0 Å². The number of amides is 3. The minimum Gasteiger partial charge on any atom is -0.530 e. The van der Waals surface area contributed by atoms with E-state index in [0.29, 0.717) is 51.5 Å². The molecule has 3 amide bonds. The summed E-state index contributed by atoms with van der Waals surface area (Å²) < 4.78 is 57.8. The van der Waals surface area contributed by atoms with Gasteiger partial charge in [0.05, 0.1) is 49.5 Å². The molecule has 4 aliphatic rings. The van der Waals surface area contributed by atoms with Crippen molar-refractivity contribution in [3.05, 3.63) is 54.1 Å². The SMILES string of the molecule is CC(C)(CCNC(=O)N1CCOCC1)CN(C[C@@H](O)[C@H](Cc1ccccc1)N(C(=O)[O-])[C@H]1CO[C@H]2OCC[C@H]21)S(=O)(=O)c1ccc2c(c1)OCO2. The van der Waals surface area contributed by atoms with Crippen molar-refractivity contribution in [1.29, 1.82) is 0 Å². The van der Waals surface area contributed by atoms with Crippen LogP contribution in [0.3, 0.4) is 0 Å². The monoisotopic (exact) mass is 731 g/mol. The van der Waals surface area contributed by atoms with E-state index in [1.807, 2.05) is 44.2 Å². The van der Waals surface area contributed by atoms with Gasteiger partial charge in [0.15, 0.2) is 17.8 Å². The van der Waals surface area contributed by atoms with Crippen LogP contribution in [-0.2, 0) is 30.7 Å². The van der Waals surface area contributed by atoms with E-state index in [9.17, 15) is 28.2 Å². The normalized spacial score (nSPS) is 22.8. The molecule has 0 aliphatic carbocycles. The van der Waals surface area contributed by atoms with E-state index in [1.165, 1.54) is 22.5 Å². The van der Waals surface area contributed by atoms with Crippen LogP contribution in [0.4, 0.5) is 9.59 Å². The molecule has 6 rings (SSSR count). The van der Waals surface area contributed by atoms with Gasteiger partial charge in [-0.25, -0.2) is 13.2 Å². The molecule has 5 atom stereocenters. The number of carbonyl (C=O) groups excluding carboxylic acids is 2. The molecule has 2 N–H and O–H groups in total. The Labute approximate surface area is 298 Å². The molecule has 3 saturated heterocycles. The number of carboxylic acid groups (broad SMARTS) is 1. The first kappa shape index (κ1) is 37.1. The molecular weight excluding hydrogens is 684 g/mol.